The lowest BCUT2D eigenvalue weighted by atomic mass is 10.0. The summed E-state index contributed by atoms with van der Waals surface area (Å²) in [6.45, 7) is 6.58. The minimum absolute atomic E-state index is 0.0824. The lowest BCUT2D eigenvalue weighted by Crippen LogP contribution is -2.47. The first-order chi connectivity index (χ1) is 10.9. The molecule has 2 rings (SSSR count). The first-order valence-electron chi connectivity index (χ1n) is 7.56. The van der Waals surface area contributed by atoms with Gasteiger partial charge in [-0.1, -0.05) is 17.7 Å². The number of carbonyl (C=O) groups is 1. The van der Waals surface area contributed by atoms with Gasteiger partial charge in [0, 0.05) is 12.8 Å². The Morgan fingerprint density at radius 1 is 1.30 bits per heavy atom. The molecule has 124 valence electrons. The molecule has 6 nitrogen and oxygen atoms in total. The summed E-state index contributed by atoms with van der Waals surface area (Å²) in [5.41, 5.74) is 3.04. The number of rotatable bonds is 7. The van der Waals surface area contributed by atoms with Crippen LogP contribution in [0.1, 0.15) is 30.8 Å². The average molecular weight is 316 g/mol. The molecule has 0 aliphatic rings. The van der Waals surface area contributed by atoms with Crippen LogP contribution in [0.3, 0.4) is 0 Å². The summed E-state index contributed by atoms with van der Waals surface area (Å²) in [7, 11) is 1.62. The summed E-state index contributed by atoms with van der Waals surface area (Å²) in [6, 6.07) is 9.84. The topological polar surface area (TPSA) is 79.0 Å². The van der Waals surface area contributed by atoms with Crippen LogP contribution in [0.2, 0.25) is 0 Å². The van der Waals surface area contributed by atoms with E-state index in [1.165, 1.54) is 5.56 Å². The number of aryl methyl sites for hydroxylation is 1. The number of aromatic nitrogens is 2. The third kappa shape index (κ3) is 4.82. The Morgan fingerprint density at radius 3 is 2.65 bits per heavy atom. The molecule has 0 radical (unpaired) electrons. The number of methoxy groups -OCH3 is 1. The molecule has 1 amide bonds. The van der Waals surface area contributed by atoms with E-state index in [9.17, 15) is 4.79 Å². The van der Waals surface area contributed by atoms with Crippen molar-refractivity contribution in [2.45, 2.75) is 39.5 Å². The van der Waals surface area contributed by atoms with Gasteiger partial charge >= 0.3 is 0 Å². The van der Waals surface area contributed by atoms with Crippen molar-refractivity contribution < 1.29 is 9.53 Å². The number of amides is 1. The van der Waals surface area contributed by atoms with Crippen LogP contribution in [0.15, 0.2) is 30.3 Å². The van der Waals surface area contributed by atoms with Gasteiger partial charge in [0.05, 0.1) is 24.5 Å². The quantitative estimate of drug-likeness (QED) is 0.733. The van der Waals surface area contributed by atoms with Crippen LogP contribution in [0.4, 0.5) is 5.69 Å². The Kier molecular flexibility index (Phi) is 5.39. The molecule has 0 atom stereocenters. The van der Waals surface area contributed by atoms with Crippen LogP contribution in [0, 0.1) is 6.92 Å². The van der Waals surface area contributed by atoms with Crippen LogP contribution in [-0.4, -0.2) is 28.8 Å². The van der Waals surface area contributed by atoms with Crippen molar-refractivity contribution in [3.05, 3.63) is 47.3 Å². The molecule has 0 bridgehead atoms. The Balaban J connectivity index is 1.91. The van der Waals surface area contributed by atoms with Gasteiger partial charge in [0.1, 0.15) is 5.54 Å². The number of benzene rings is 1. The second-order valence-electron chi connectivity index (χ2n) is 6.12. The Labute approximate surface area is 136 Å². The normalized spacial score (nSPS) is 11.3. The highest BCUT2D eigenvalue weighted by atomic mass is 16.5. The third-order valence-corrected chi connectivity index (χ3v) is 3.49. The monoisotopic (exact) mass is 316 g/mol. The molecule has 23 heavy (non-hydrogen) atoms. The van der Waals surface area contributed by atoms with Gasteiger partial charge in [0.15, 0.2) is 0 Å². The number of hydrogen-bond acceptors (Lipinski definition) is 4. The van der Waals surface area contributed by atoms with Crippen molar-refractivity contribution in [1.29, 1.82) is 0 Å². The highest BCUT2D eigenvalue weighted by Crippen LogP contribution is 2.16. The van der Waals surface area contributed by atoms with Gasteiger partial charge in [-0.15, -0.1) is 0 Å². The molecular formula is C17H24N4O2. The van der Waals surface area contributed by atoms with E-state index in [-0.39, 0.29) is 5.91 Å². The summed E-state index contributed by atoms with van der Waals surface area (Å²) in [5, 5.41) is 13.2. The van der Waals surface area contributed by atoms with E-state index in [1.54, 1.807) is 7.11 Å². The van der Waals surface area contributed by atoms with E-state index < -0.39 is 5.54 Å². The first kappa shape index (κ1) is 17.0. The number of H-pyrrole nitrogens is 1. The smallest absolute Gasteiger partial charge is 0.245 e. The molecule has 3 N–H and O–H groups in total. The highest BCUT2D eigenvalue weighted by Gasteiger charge is 2.27. The van der Waals surface area contributed by atoms with Crippen LogP contribution < -0.4 is 10.6 Å². The van der Waals surface area contributed by atoms with E-state index in [4.69, 9.17) is 4.74 Å². The molecule has 2 aromatic rings. The molecule has 1 aromatic heterocycles. The summed E-state index contributed by atoms with van der Waals surface area (Å²) >= 11 is 0. The molecular weight excluding hydrogens is 292 g/mol. The van der Waals surface area contributed by atoms with Gasteiger partial charge in [-0.25, -0.2) is 0 Å². The summed E-state index contributed by atoms with van der Waals surface area (Å²) in [6.07, 6.45) is 0. The van der Waals surface area contributed by atoms with Crippen LogP contribution in [0.25, 0.3) is 0 Å². The lowest BCUT2D eigenvalue weighted by molar-refractivity contribution is -0.124. The molecule has 0 unspecified atom stereocenters. The average Bonchev–Trinajstić information content (AvgIpc) is 2.95. The van der Waals surface area contributed by atoms with Gasteiger partial charge < -0.3 is 15.4 Å². The molecule has 0 saturated heterocycles. The number of carbonyl (C=O) groups excluding carboxylic acids is 1. The van der Waals surface area contributed by atoms with Crippen molar-refractivity contribution >= 4 is 11.6 Å². The minimum atomic E-state index is -0.718. The number of ether oxygens (including phenoxy) is 1. The zero-order valence-electron chi connectivity index (χ0n) is 14.1. The van der Waals surface area contributed by atoms with Gasteiger partial charge in [0.2, 0.25) is 5.91 Å². The maximum Gasteiger partial charge on any atom is 0.245 e. The van der Waals surface area contributed by atoms with Crippen LogP contribution >= 0.6 is 0 Å². The van der Waals surface area contributed by atoms with Crippen molar-refractivity contribution in [2.75, 3.05) is 12.4 Å². The Bertz CT molecular complexity index is 647. The minimum Gasteiger partial charge on any atom is -0.378 e. The molecule has 6 heteroatoms. The van der Waals surface area contributed by atoms with Crippen molar-refractivity contribution in [3.63, 3.8) is 0 Å². The van der Waals surface area contributed by atoms with Gasteiger partial charge in [-0.3, -0.25) is 9.89 Å². The maximum atomic E-state index is 12.4. The Morgan fingerprint density at radius 2 is 2.00 bits per heavy atom. The SMILES string of the molecule is COCc1cc(CNC(=O)C(C)(C)Nc2ccc(C)cc2)[nH]n1. The predicted octanol–water partition coefficient (Wildman–Crippen LogP) is 2.37. The van der Waals surface area contributed by atoms with Gasteiger partial charge in [0.25, 0.3) is 0 Å². The molecule has 1 heterocycles. The molecule has 0 aliphatic carbocycles. The fraction of sp³-hybridized carbons (Fsp3) is 0.412. The maximum absolute atomic E-state index is 12.4. The third-order valence-electron chi connectivity index (χ3n) is 3.49. The first-order valence-corrected chi connectivity index (χ1v) is 7.56. The largest absolute Gasteiger partial charge is 0.378 e. The molecule has 1 aromatic carbocycles. The summed E-state index contributed by atoms with van der Waals surface area (Å²) < 4.78 is 5.02. The number of nitrogens with zero attached hydrogens (tertiary/aromatic N) is 1. The summed E-state index contributed by atoms with van der Waals surface area (Å²) in [4.78, 5) is 12.4. The van der Waals surface area contributed by atoms with E-state index in [2.05, 4.69) is 20.8 Å². The zero-order valence-corrected chi connectivity index (χ0v) is 14.1. The number of nitrogens with one attached hydrogen (secondary N) is 3. The van der Waals surface area contributed by atoms with E-state index in [0.717, 1.165) is 17.1 Å². The van der Waals surface area contributed by atoms with Gasteiger partial charge in [-0.05, 0) is 39.0 Å². The Hall–Kier alpha value is -2.34. The second-order valence-corrected chi connectivity index (χ2v) is 6.12. The standard InChI is InChI=1S/C17H24N4O2/c1-12-5-7-13(8-6-12)19-17(2,3)16(22)18-10-14-9-15(11-23-4)21-20-14/h5-9,19H,10-11H2,1-4H3,(H,18,22)(H,20,21). The van der Waals surface area contributed by atoms with Crippen molar-refractivity contribution in [2.24, 2.45) is 0 Å². The predicted molar refractivity (Wildman–Crippen MR) is 90.0 cm³/mol. The van der Waals surface area contributed by atoms with E-state index >= 15 is 0 Å². The summed E-state index contributed by atoms with van der Waals surface area (Å²) in [5.74, 6) is -0.0824. The molecule has 0 saturated carbocycles. The zero-order chi connectivity index (χ0) is 16.9. The lowest BCUT2D eigenvalue weighted by Gasteiger charge is -2.26. The highest BCUT2D eigenvalue weighted by molar-refractivity contribution is 5.88. The fourth-order valence-electron chi connectivity index (χ4n) is 2.17. The number of aromatic amines is 1. The van der Waals surface area contributed by atoms with Crippen molar-refractivity contribution in [1.82, 2.24) is 15.5 Å². The number of hydrogen-bond donors (Lipinski definition) is 3. The van der Waals surface area contributed by atoms with Crippen molar-refractivity contribution in [3.8, 4) is 0 Å². The molecule has 0 spiro atoms. The van der Waals surface area contributed by atoms with Crippen LogP contribution in [-0.2, 0) is 22.7 Å². The fourth-order valence-corrected chi connectivity index (χ4v) is 2.17. The van der Waals surface area contributed by atoms with Gasteiger partial charge in [-0.2, -0.15) is 5.10 Å². The number of anilines is 1. The van der Waals surface area contributed by atoms with E-state index in [0.29, 0.717) is 13.2 Å². The molecule has 0 fully saturated rings. The van der Waals surface area contributed by atoms with Crippen LogP contribution in [0.5, 0.6) is 0 Å². The van der Waals surface area contributed by atoms with E-state index in [1.807, 2.05) is 51.1 Å². The second kappa shape index (κ2) is 7.28. The molecule has 0 aliphatic heterocycles.